The molecule has 0 saturated heterocycles. The van der Waals surface area contributed by atoms with Crippen molar-refractivity contribution in [2.45, 2.75) is 51.5 Å². The van der Waals surface area contributed by atoms with Crippen LogP contribution in [0.5, 0.6) is 0 Å². The van der Waals surface area contributed by atoms with Crippen LogP contribution >= 0.6 is 0 Å². The van der Waals surface area contributed by atoms with Gasteiger partial charge < -0.3 is 5.32 Å². The molecule has 1 aliphatic carbocycles. The number of nitrogens with one attached hydrogen (secondary N) is 1. The van der Waals surface area contributed by atoms with Gasteiger partial charge in [-0.25, -0.2) is 0 Å². The van der Waals surface area contributed by atoms with E-state index in [1.54, 1.807) is 0 Å². The minimum atomic E-state index is 0.591. The summed E-state index contributed by atoms with van der Waals surface area (Å²) >= 11 is 0. The summed E-state index contributed by atoms with van der Waals surface area (Å²) in [5.74, 6) is 0.737. The molecular weight excluding hydrogens is 256 g/mol. The average molecular weight is 280 g/mol. The van der Waals surface area contributed by atoms with Crippen molar-refractivity contribution in [3.63, 3.8) is 0 Å². The zero-order chi connectivity index (χ0) is 14.7. The Kier molecular flexibility index (Phi) is 4.23. The van der Waals surface area contributed by atoms with Crippen LogP contribution < -0.4 is 5.32 Å². The Balaban J connectivity index is 1.59. The van der Waals surface area contributed by atoms with Crippen molar-refractivity contribution in [2.75, 3.05) is 5.32 Å². The third kappa shape index (κ3) is 3.44. The molecule has 110 valence electrons. The first kappa shape index (κ1) is 14.1. The maximum absolute atomic E-state index is 4.54. The van der Waals surface area contributed by atoms with Gasteiger partial charge in [-0.15, -0.1) is 0 Å². The Labute approximate surface area is 127 Å². The number of rotatable bonds is 3. The fourth-order valence-electron chi connectivity index (χ4n) is 3.36. The quantitative estimate of drug-likeness (QED) is 0.870. The van der Waals surface area contributed by atoms with E-state index in [1.807, 2.05) is 6.92 Å². The number of aromatic nitrogens is 1. The predicted octanol–water partition coefficient (Wildman–Crippen LogP) is 4.84. The first-order chi connectivity index (χ1) is 10.2. The Hall–Kier alpha value is -1.83. The summed E-state index contributed by atoms with van der Waals surface area (Å²) in [4.78, 5) is 4.54. The summed E-state index contributed by atoms with van der Waals surface area (Å²) in [6.45, 7) is 4.13. The van der Waals surface area contributed by atoms with Crippen LogP contribution in [0.4, 0.5) is 5.69 Å². The van der Waals surface area contributed by atoms with Gasteiger partial charge in [0.05, 0.1) is 11.4 Å². The van der Waals surface area contributed by atoms with E-state index < -0.39 is 0 Å². The van der Waals surface area contributed by atoms with Gasteiger partial charge in [-0.3, -0.25) is 4.98 Å². The van der Waals surface area contributed by atoms with Crippen molar-refractivity contribution in [3.05, 3.63) is 59.4 Å². The second-order valence-corrected chi connectivity index (χ2v) is 6.19. The van der Waals surface area contributed by atoms with E-state index in [0.717, 1.165) is 17.3 Å². The number of hydrogen-bond acceptors (Lipinski definition) is 2. The summed E-state index contributed by atoms with van der Waals surface area (Å²) in [6.07, 6.45) is 5.04. The summed E-state index contributed by atoms with van der Waals surface area (Å²) < 4.78 is 0. The summed E-state index contributed by atoms with van der Waals surface area (Å²) in [5.41, 5.74) is 4.90. The van der Waals surface area contributed by atoms with Crippen molar-refractivity contribution < 1.29 is 0 Å². The largest absolute Gasteiger partial charge is 0.381 e. The zero-order valence-electron chi connectivity index (χ0n) is 13.0. The Morgan fingerprint density at radius 1 is 0.905 bits per heavy atom. The molecule has 3 rings (SSSR count). The highest BCUT2D eigenvalue weighted by Crippen LogP contribution is 2.34. The number of hydrogen-bond donors (Lipinski definition) is 1. The molecule has 2 heteroatoms. The topological polar surface area (TPSA) is 24.9 Å². The first-order valence-corrected chi connectivity index (χ1v) is 7.98. The predicted molar refractivity (Wildman–Crippen MR) is 88.8 cm³/mol. The lowest BCUT2D eigenvalue weighted by atomic mass is 9.81. The lowest BCUT2D eigenvalue weighted by Gasteiger charge is -2.30. The van der Waals surface area contributed by atoms with E-state index in [0.29, 0.717) is 6.04 Å². The summed E-state index contributed by atoms with van der Waals surface area (Å²) in [7, 11) is 0. The lowest BCUT2D eigenvalue weighted by molar-refractivity contribution is 0.412. The molecule has 1 fully saturated rings. The van der Waals surface area contributed by atoms with Gasteiger partial charge in [-0.1, -0.05) is 30.3 Å². The van der Waals surface area contributed by atoms with E-state index in [2.05, 4.69) is 59.7 Å². The van der Waals surface area contributed by atoms with Crippen LogP contribution in [-0.4, -0.2) is 11.0 Å². The van der Waals surface area contributed by atoms with Gasteiger partial charge in [0, 0.05) is 11.7 Å². The molecule has 21 heavy (non-hydrogen) atoms. The Morgan fingerprint density at radius 2 is 1.62 bits per heavy atom. The molecule has 0 aliphatic heterocycles. The molecule has 0 bridgehead atoms. The summed E-state index contributed by atoms with van der Waals surface area (Å²) in [6, 6.07) is 15.8. The highest BCUT2D eigenvalue weighted by molar-refractivity contribution is 5.48. The van der Waals surface area contributed by atoms with E-state index in [9.17, 15) is 0 Å². The van der Waals surface area contributed by atoms with Gasteiger partial charge in [0.25, 0.3) is 0 Å². The smallest absolute Gasteiger partial charge is 0.0606 e. The number of aryl methyl sites for hydroxylation is 2. The molecule has 0 radical (unpaired) electrons. The van der Waals surface area contributed by atoms with Crippen LogP contribution in [0.1, 0.15) is 48.6 Å². The SMILES string of the molecule is Cc1ccc(NC2CCC(c3ccccc3)CC2)c(C)n1. The molecule has 1 aromatic heterocycles. The Morgan fingerprint density at radius 3 is 2.29 bits per heavy atom. The number of nitrogens with zero attached hydrogens (tertiary/aromatic N) is 1. The minimum Gasteiger partial charge on any atom is -0.381 e. The molecule has 1 saturated carbocycles. The molecule has 1 aliphatic rings. The number of anilines is 1. The van der Waals surface area contributed by atoms with Gasteiger partial charge >= 0.3 is 0 Å². The lowest BCUT2D eigenvalue weighted by Crippen LogP contribution is -2.25. The highest BCUT2D eigenvalue weighted by atomic mass is 14.9. The minimum absolute atomic E-state index is 0.591. The zero-order valence-corrected chi connectivity index (χ0v) is 13.0. The van der Waals surface area contributed by atoms with Crippen LogP contribution in [0.15, 0.2) is 42.5 Å². The molecule has 0 spiro atoms. The number of benzene rings is 1. The van der Waals surface area contributed by atoms with Crippen molar-refractivity contribution in [1.29, 1.82) is 0 Å². The maximum atomic E-state index is 4.54. The van der Waals surface area contributed by atoms with Crippen molar-refractivity contribution in [2.24, 2.45) is 0 Å². The monoisotopic (exact) mass is 280 g/mol. The van der Waals surface area contributed by atoms with Crippen LogP contribution in [0.2, 0.25) is 0 Å². The standard InChI is InChI=1S/C19H24N2/c1-14-8-13-19(15(2)20-14)21-18-11-9-17(10-12-18)16-6-4-3-5-7-16/h3-8,13,17-18,21H,9-12H2,1-2H3. The van der Waals surface area contributed by atoms with Crippen LogP contribution in [0.25, 0.3) is 0 Å². The third-order valence-electron chi connectivity index (χ3n) is 4.58. The van der Waals surface area contributed by atoms with E-state index >= 15 is 0 Å². The molecule has 1 heterocycles. The Bertz CT molecular complexity index is 584. The van der Waals surface area contributed by atoms with Gasteiger partial charge in [-0.2, -0.15) is 0 Å². The fraction of sp³-hybridized carbons (Fsp3) is 0.421. The molecule has 1 aromatic carbocycles. The van der Waals surface area contributed by atoms with E-state index in [1.165, 1.54) is 36.9 Å². The molecule has 2 aromatic rings. The van der Waals surface area contributed by atoms with Crippen LogP contribution in [0, 0.1) is 13.8 Å². The molecule has 2 nitrogen and oxygen atoms in total. The fourth-order valence-corrected chi connectivity index (χ4v) is 3.36. The molecule has 1 N–H and O–H groups in total. The molecule has 0 amide bonds. The van der Waals surface area contributed by atoms with Gasteiger partial charge in [-0.05, 0) is 63.1 Å². The third-order valence-corrected chi connectivity index (χ3v) is 4.58. The molecule has 0 unspecified atom stereocenters. The van der Waals surface area contributed by atoms with Gasteiger partial charge in [0.2, 0.25) is 0 Å². The average Bonchev–Trinajstić information content (AvgIpc) is 2.52. The maximum Gasteiger partial charge on any atom is 0.0606 e. The second-order valence-electron chi connectivity index (χ2n) is 6.19. The van der Waals surface area contributed by atoms with E-state index in [-0.39, 0.29) is 0 Å². The van der Waals surface area contributed by atoms with Crippen LogP contribution in [-0.2, 0) is 0 Å². The molecular formula is C19H24N2. The van der Waals surface area contributed by atoms with Crippen molar-refractivity contribution in [1.82, 2.24) is 4.98 Å². The molecule has 0 atom stereocenters. The second kappa shape index (κ2) is 6.30. The highest BCUT2D eigenvalue weighted by Gasteiger charge is 2.22. The number of pyridine rings is 1. The van der Waals surface area contributed by atoms with Crippen molar-refractivity contribution in [3.8, 4) is 0 Å². The van der Waals surface area contributed by atoms with Crippen LogP contribution in [0.3, 0.4) is 0 Å². The van der Waals surface area contributed by atoms with Gasteiger partial charge in [0.15, 0.2) is 0 Å². The van der Waals surface area contributed by atoms with Crippen molar-refractivity contribution >= 4 is 5.69 Å². The normalized spacial score (nSPS) is 22.0. The van der Waals surface area contributed by atoms with E-state index in [4.69, 9.17) is 0 Å². The summed E-state index contributed by atoms with van der Waals surface area (Å²) in [5, 5.41) is 3.69. The van der Waals surface area contributed by atoms with Gasteiger partial charge in [0.1, 0.15) is 0 Å². The first-order valence-electron chi connectivity index (χ1n) is 7.98.